The van der Waals surface area contributed by atoms with Crippen molar-refractivity contribution < 1.29 is 9.53 Å². The first-order chi connectivity index (χ1) is 15.0. The van der Waals surface area contributed by atoms with Gasteiger partial charge in [0.2, 0.25) is 5.95 Å². The molecule has 2 aromatic heterocycles. The van der Waals surface area contributed by atoms with E-state index in [0.717, 1.165) is 28.0 Å². The van der Waals surface area contributed by atoms with E-state index in [1.165, 1.54) is 11.3 Å². The molecule has 6 nitrogen and oxygen atoms in total. The van der Waals surface area contributed by atoms with Crippen LogP contribution in [0, 0.1) is 13.8 Å². The van der Waals surface area contributed by atoms with Crippen LogP contribution in [0.5, 0.6) is 5.75 Å². The van der Waals surface area contributed by atoms with Crippen molar-refractivity contribution in [2.75, 3.05) is 5.32 Å². The minimum Gasteiger partial charge on any atom is -0.489 e. The molecule has 0 spiro atoms. The summed E-state index contributed by atoms with van der Waals surface area (Å²) < 4.78 is 7.55. The van der Waals surface area contributed by atoms with Gasteiger partial charge in [0.05, 0.1) is 11.4 Å². The molecule has 4 aromatic rings. The molecule has 0 bridgehead atoms. The number of hydrogen-bond acceptors (Lipinski definition) is 5. The Labute approximate surface area is 189 Å². The molecule has 1 N–H and O–H groups in total. The number of thiophene rings is 1. The third kappa shape index (κ3) is 5.31. The molecule has 0 fully saturated rings. The molecule has 0 atom stereocenters. The summed E-state index contributed by atoms with van der Waals surface area (Å²) >= 11 is 7.55. The van der Waals surface area contributed by atoms with E-state index in [-0.39, 0.29) is 11.9 Å². The molecule has 0 aliphatic carbocycles. The van der Waals surface area contributed by atoms with Crippen LogP contribution in [0.25, 0.3) is 0 Å². The van der Waals surface area contributed by atoms with Crippen LogP contribution in [0.15, 0.2) is 60.2 Å². The fourth-order valence-electron chi connectivity index (χ4n) is 2.99. The fraction of sp³-hybridized carbons (Fsp3) is 0.174. The number of halogens is 1. The van der Waals surface area contributed by atoms with Gasteiger partial charge < -0.3 is 4.74 Å². The van der Waals surface area contributed by atoms with Gasteiger partial charge in [-0.05, 0) is 54.1 Å². The first-order valence-electron chi connectivity index (χ1n) is 9.69. The lowest BCUT2D eigenvalue weighted by molar-refractivity contribution is 0.102. The largest absolute Gasteiger partial charge is 0.489 e. The molecule has 0 aliphatic heterocycles. The highest BCUT2D eigenvalue weighted by atomic mass is 35.5. The molecule has 0 saturated heterocycles. The predicted octanol–water partition coefficient (Wildman–Crippen LogP) is 5.49. The molecule has 0 aliphatic rings. The van der Waals surface area contributed by atoms with Crippen molar-refractivity contribution in [1.29, 1.82) is 0 Å². The normalized spacial score (nSPS) is 10.8. The molecular formula is C23H21ClN4O2S. The number of nitrogens with one attached hydrogen (secondary N) is 1. The summed E-state index contributed by atoms with van der Waals surface area (Å²) in [6.07, 6.45) is 1.57. The van der Waals surface area contributed by atoms with Crippen LogP contribution in [0.1, 0.15) is 31.9 Å². The minimum absolute atomic E-state index is 0.249. The van der Waals surface area contributed by atoms with E-state index in [0.29, 0.717) is 23.1 Å². The molecule has 158 valence electrons. The van der Waals surface area contributed by atoms with Crippen LogP contribution in [-0.2, 0) is 13.2 Å². The molecule has 8 heteroatoms. The maximum absolute atomic E-state index is 12.6. The van der Waals surface area contributed by atoms with Crippen LogP contribution in [0.3, 0.4) is 0 Å². The van der Waals surface area contributed by atoms with Crippen molar-refractivity contribution in [3.63, 3.8) is 0 Å². The van der Waals surface area contributed by atoms with Gasteiger partial charge in [-0.2, -0.15) is 0 Å². The lowest BCUT2D eigenvalue weighted by Gasteiger charge is -2.08. The zero-order chi connectivity index (χ0) is 21.8. The summed E-state index contributed by atoms with van der Waals surface area (Å²) in [6, 6.07) is 15.5. The van der Waals surface area contributed by atoms with E-state index in [1.54, 1.807) is 11.0 Å². The van der Waals surface area contributed by atoms with Crippen molar-refractivity contribution in [1.82, 2.24) is 14.8 Å². The van der Waals surface area contributed by atoms with Crippen molar-refractivity contribution >= 4 is 34.8 Å². The second-order valence-electron chi connectivity index (χ2n) is 7.19. The number of benzene rings is 2. The number of anilines is 1. The summed E-state index contributed by atoms with van der Waals surface area (Å²) in [5, 5.41) is 9.63. The zero-order valence-electron chi connectivity index (χ0n) is 17.1. The molecule has 2 aromatic carbocycles. The van der Waals surface area contributed by atoms with Crippen LogP contribution < -0.4 is 10.1 Å². The molecule has 0 saturated carbocycles. The number of amides is 1. The van der Waals surface area contributed by atoms with E-state index in [9.17, 15) is 4.79 Å². The molecule has 4 rings (SSSR count). The second kappa shape index (κ2) is 9.32. The monoisotopic (exact) mass is 452 g/mol. The number of carbonyl (C=O) groups excluding carboxylic acids is 1. The van der Waals surface area contributed by atoms with E-state index in [4.69, 9.17) is 16.3 Å². The van der Waals surface area contributed by atoms with Crippen molar-refractivity contribution in [3.8, 4) is 5.75 Å². The highest BCUT2D eigenvalue weighted by molar-refractivity contribution is 7.12. The SMILES string of the molecule is Cc1ccc(C)c(OCc2csc(C(=O)Nc3ncn(Cc4ccccc4Cl)n3)c2)c1. The average molecular weight is 453 g/mol. The lowest BCUT2D eigenvalue weighted by atomic mass is 10.1. The smallest absolute Gasteiger partial charge is 0.268 e. The molecule has 1 amide bonds. The third-order valence-electron chi connectivity index (χ3n) is 4.67. The van der Waals surface area contributed by atoms with Gasteiger partial charge in [-0.15, -0.1) is 16.4 Å². The Bertz CT molecular complexity index is 1220. The van der Waals surface area contributed by atoms with Gasteiger partial charge in [0.25, 0.3) is 5.91 Å². The van der Waals surface area contributed by atoms with Crippen molar-refractivity contribution in [2.24, 2.45) is 0 Å². The number of hydrogen-bond donors (Lipinski definition) is 1. The number of nitrogens with zero attached hydrogens (tertiary/aromatic N) is 3. The Hall–Kier alpha value is -3.16. The van der Waals surface area contributed by atoms with Crippen molar-refractivity contribution in [2.45, 2.75) is 27.0 Å². The van der Waals surface area contributed by atoms with E-state index in [1.807, 2.05) is 61.7 Å². The second-order valence-corrected chi connectivity index (χ2v) is 8.51. The molecule has 31 heavy (non-hydrogen) atoms. The van der Waals surface area contributed by atoms with E-state index >= 15 is 0 Å². The number of aryl methyl sites for hydroxylation is 2. The number of rotatable bonds is 7. The van der Waals surface area contributed by atoms with Gasteiger partial charge in [0.15, 0.2) is 0 Å². The topological polar surface area (TPSA) is 69.0 Å². The highest BCUT2D eigenvalue weighted by Crippen LogP contribution is 2.22. The number of ether oxygens (including phenoxy) is 1. The predicted molar refractivity (Wildman–Crippen MR) is 123 cm³/mol. The Balaban J connectivity index is 1.35. The van der Waals surface area contributed by atoms with Gasteiger partial charge >= 0.3 is 0 Å². The summed E-state index contributed by atoms with van der Waals surface area (Å²) in [4.78, 5) is 17.3. The summed E-state index contributed by atoms with van der Waals surface area (Å²) in [5.41, 5.74) is 4.09. The quantitative estimate of drug-likeness (QED) is 0.402. The van der Waals surface area contributed by atoms with Crippen LogP contribution in [-0.4, -0.2) is 20.7 Å². The Kier molecular flexibility index (Phi) is 6.34. The maximum atomic E-state index is 12.6. The Morgan fingerprint density at radius 3 is 2.87 bits per heavy atom. The van der Waals surface area contributed by atoms with Gasteiger partial charge in [0.1, 0.15) is 18.7 Å². The van der Waals surface area contributed by atoms with Crippen LogP contribution in [0.2, 0.25) is 5.02 Å². The first-order valence-corrected chi connectivity index (χ1v) is 11.0. The number of aromatic nitrogens is 3. The zero-order valence-corrected chi connectivity index (χ0v) is 18.7. The Morgan fingerprint density at radius 2 is 2.03 bits per heavy atom. The van der Waals surface area contributed by atoms with Crippen LogP contribution >= 0.6 is 22.9 Å². The standard InChI is InChI=1S/C23H21ClN4O2S/c1-15-7-8-16(2)20(9-15)30-12-17-10-21(31-13-17)22(29)26-23-25-14-28(27-23)11-18-5-3-4-6-19(18)24/h3-10,13-14H,11-12H2,1-2H3,(H,26,27,29). The number of carbonyl (C=O) groups is 1. The van der Waals surface area contributed by atoms with Gasteiger partial charge in [-0.3, -0.25) is 10.1 Å². The first kappa shape index (κ1) is 21.1. The summed E-state index contributed by atoms with van der Waals surface area (Å²) in [6.45, 7) is 4.92. The van der Waals surface area contributed by atoms with Gasteiger partial charge in [-0.1, -0.05) is 41.9 Å². The molecule has 2 heterocycles. The summed E-state index contributed by atoms with van der Waals surface area (Å²) in [7, 11) is 0. The highest BCUT2D eigenvalue weighted by Gasteiger charge is 2.13. The molecular weight excluding hydrogens is 432 g/mol. The fourth-order valence-corrected chi connectivity index (χ4v) is 3.97. The molecule has 0 radical (unpaired) electrons. The van der Waals surface area contributed by atoms with E-state index in [2.05, 4.69) is 21.5 Å². The van der Waals surface area contributed by atoms with Gasteiger partial charge in [-0.25, -0.2) is 9.67 Å². The van der Waals surface area contributed by atoms with Crippen molar-refractivity contribution in [3.05, 3.63) is 92.4 Å². The average Bonchev–Trinajstić information content (AvgIpc) is 3.40. The molecule has 0 unspecified atom stereocenters. The third-order valence-corrected chi connectivity index (χ3v) is 6.01. The lowest BCUT2D eigenvalue weighted by Crippen LogP contribution is -2.12. The van der Waals surface area contributed by atoms with E-state index < -0.39 is 0 Å². The maximum Gasteiger partial charge on any atom is 0.268 e. The van der Waals surface area contributed by atoms with Gasteiger partial charge in [0, 0.05) is 10.6 Å². The Morgan fingerprint density at radius 1 is 1.19 bits per heavy atom. The minimum atomic E-state index is -0.251. The van der Waals surface area contributed by atoms with Crippen LogP contribution in [0.4, 0.5) is 5.95 Å². The summed E-state index contributed by atoms with van der Waals surface area (Å²) in [5.74, 6) is 0.850.